The summed E-state index contributed by atoms with van der Waals surface area (Å²) in [6.45, 7) is 3.21. The maximum atomic E-state index is 12.6. The molecule has 8 heteroatoms. The summed E-state index contributed by atoms with van der Waals surface area (Å²) in [5.41, 5.74) is 2.32. The molecule has 1 N–H and O–H groups in total. The zero-order valence-electron chi connectivity index (χ0n) is 14.5. The molecule has 0 aromatic carbocycles. The second-order valence-corrected chi connectivity index (χ2v) is 6.20. The molecule has 8 nitrogen and oxygen atoms in total. The zero-order valence-corrected chi connectivity index (χ0v) is 14.5. The van der Waals surface area contributed by atoms with E-state index >= 15 is 0 Å². The minimum atomic E-state index is -0.0896. The average Bonchev–Trinajstić information content (AvgIpc) is 3.06. The van der Waals surface area contributed by atoms with Gasteiger partial charge in [0.05, 0.1) is 17.9 Å². The molecule has 0 atom stereocenters. The second-order valence-electron chi connectivity index (χ2n) is 6.20. The topological polar surface area (TPSA) is 93.0 Å². The van der Waals surface area contributed by atoms with Crippen molar-refractivity contribution in [2.24, 2.45) is 7.05 Å². The van der Waals surface area contributed by atoms with Gasteiger partial charge < -0.3 is 10.2 Å². The summed E-state index contributed by atoms with van der Waals surface area (Å²) in [7, 11) is 1.77. The van der Waals surface area contributed by atoms with Crippen LogP contribution < -0.4 is 5.32 Å². The van der Waals surface area contributed by atoms with E-state index in [-0.39, 0.29) is 17.7 Å². The number of nitrogens with one attached hydrogen (secondary N) is 1. The minimum Gasteiger partial charge on any atom is -0.351 e. The van der Waals surface area contributed by atoms with Crippen molar-refractivity contribution in [2.75, 3.05) is 13.1 Å². The number of hydrogen-bond acceptors (Lipinski definition) is 5. The highest BCUT2D eigenvalue weighted by atomic mass is 16.2. The number of piperidine rings is 1. The highest BCUT2D eigenvalue weighted by Gasteiger charge is 2.28. The first kappa shape index (κ1) is 17.1. The molecule has 25 heavy (non-hydrogen) atoms. The fourth-order valence-corrected chi connectivity index (χ4v) is 3.16. The van der Waals surface area contributed by atoms with Crippen molar-refractivity contribution in [3.63, 3.8) is 0 Å². The van der Waals surface area contributed by atoms with Crippen molar-refractivity contribution in [1.82, 2.24) is 30.0 Å². The molecular weight excluding hydrogens is 320 g/mol. The Labute approximate surface area is 146 Å². The fraction of sp³-hybridized carbons (Fsp3) is 0.471. The first-order chi connectivity index (χ1) is 12.1. The molecule has 0 aliphatic carbocycles. The largest absolute Gasteiger partial charge is 0.351 e. The van der Waals surface area contributed by atoms with Crippen LogP contribution in [0.3, 0.4) is 0 Å². The third-order valence-corrected chi connectivity index (χ3v) is 4.52. The first-order valence-electron chi connectivity index (χ1n) is 8.37. The molecule has 0 unspecified atom stereocenters. The molecule has 0 bridgehead atoms. The fourth-order valence-electron chi connectivity index (χ4n) is 3.16. The molecule has 3 heterocycles. The van der Waals surface area contributed by atoms with Crippen molar-refractivity contribution in [3.8, 4) is 0 Å². The van der Waals surface area contributed by atoms with E-state index in [1.54, 1.807) is 36.4 Å². The molecule has 132 valence electrons. The third-order valence-electron chi connectivity index (χ3n) is 4.52. The maximum Gasteiger partial charge on any atom is 0.272 e. The molecular formula is C17H22N6O2. The van der Waals surface area contributed by atoms with Crippen LogP contribution >= 0.6 is 0 Å². The Balaban J connectivity index is 1.66. The van der Waals surface area contributed by atoms with Crippen LogP contribution in [0.15, 0.2) is 24.7 Å². The Bertz CT molecular complexity index is 764. The van der Waals surface area contributed by atoms with Gasteiger partial charge in [-0.3, -0.25) is 24.2 Å². The average molecular weight is 342 g/mol. The Morgan fingerprint density at radius 1 is 1.20 bits per heavy atom. The standard InChI is InChI=1S/C17H22N6O2/c1-12(24)20-11-14-16(19-8-7-18-14)13-4-9-23(10-5-13)17(25)15-3-6-21-22(15)2/h3,6-8,13H,4-5,9-11H2,1-2H3,(H,20,24). The van der Waals surface area contributed by atoms with Gasteiger partial charge in [0.2, 0.25) is 5.91 Å². The maximum absolute atomic E-state index is 12.6. The zero-order chi connectivity index (χ0) is 17.8. The summed E-state index contributed by atoms with van der Waals surface area (Å²) in [5, 5.41) is 6.84. The Morgan fingerprint density at radius 2 is 1.92 bits per heavy atom. The summed E-state index contributed by atoms with van der Waals surface area (Å²) in [6.07, 6.45) is 6.61. The minimum absolute atomic E-state index is 0.0102. The van der Waals surface area contributed by atoms with E-state index in [4.69, 9.17) is 0 Å². The van der Waals surface area contributed by atoms with Gasteiger partial charge >= 0.3 is 0 Å². The first-order valence-corrected chi connectivity index (χ1v) is 8.37. The van der Waals surface area contributed by atoms with E-state index in [9.17, 15) is 9.59 Å². The summed E-state index contributed by atoms with van der Waals surface area (Å²) >= 11 is 0. The number of likely N-dealkylation sites (tertiary alicyclic amines) is 1. The second kappa shape index (κ2) is 7.42. The number of aromatic nitrogens is 4. The highest BCUT2D eigenvalue weighted by Crippen LogP contribution is 2.28. The van der Waals surface area contributed by atoms with Crippen molar-refractivity contribution < 1.29 is 9.59 Å². The molecule has 2 amide bonds. The van der Waals surface area contributed by atoms with Crippen molar-refractivity contribution in [3.05, 3.63) is 41.7 Å². The van der Waals surface area contributed by atoms with Gasteiger partial charge in [-0.05, 0) is 18.9 Å². The number of nitrogens with zero attached hydrogens (tertiary/aromatic N) is 5. The van der Waals surface area contributed by atoms with E-state index in [0.717, 1.165) is 24.2 Å². The van der Waals surface area contributed by atoms with Crippen LogP contribution in [-0.4, -0.2) is 49.6 Å². The molecule has 1 saturated heterocycles. The third kappa shape index (κ3) is 3.84. The van der Waals surface area contributed by atoms with Gasteiger partial charge in [-0.2, -0.15) is 5.10 Å². The van der Waals surface area contributed by atoms with E-state index in [2.05, 4.69) is 20.4 Å². The molecule has 0 spiro atoms. The Hall–Kier alpha value is -2.77. The van der Waals surface area contributed by atoms with Crippen molar-refractivity contribution in [1.29, 1.82) is 0 Å². The van der Waals surface area contributed by atoms with Gasteiger partial charge in [-0.1, -0.05) is 0 Å². The number of rotatable bonds is 4. The van der Waals surface area contributed by atoms with Gasteiger partial charge in [0.1, 0.15) is 5.69 Å². The van der Waals surface area contributed by atoms with Crippen LogP contribution in [0, 0.1) is 0 Å². The molecule has 2 aromatic heterocycles. The summed E-state index contributed by atoms with van der Waals surface area (Å²) in [5.74, 6) is 0.164. The van der Waals surface area contributed by atoms with Crippen molar-refractivity contribution >= 4 is 11.8 Å². The van der Waals surface area contributed by atoms with Crippen molar-refractivity contribution in [2.45, 2.75) is 32.2 Å². The van der Waals surface area contributed by atoms with E-state index in [1.165, 1.54) is 6.92 Å². The monoisotopic (exact) mass is 342 g/mol. The summed E-state index contributed by atoms with van der Waals surface area (Å²) in [6, 6.07) is 1.74. The molecule has 1 fully saturated rings. The molecule has 0 saturated carbocycles. The summed E-state index contributed by atoms with van der Waals surface area (Å²) in [4.78, 5) is 34.4. The quantitative estimate of drug-likeness (QED) is 0.890. The van der Waals surface area contributed by atoms with Crippen LogP contribution in [-0.2, 0) is 18.4 Å². The molecule has 0 radical (unpaired) electrons. The molecule has 3 rings (SSSR count). The number of carbonyl (C=O) groups is 2. The highest BCUT2D eigenvalue weighted by molar-refractivity contribution is 5.92. The predicted octanol–water partition coefficient (Wildman–Crippen LogP) is 0.866. The summed E-state index contributed by atoms with van der Waals surface area (Å²) < 4.78 is 1.60. The molecule has 2 aromatic rings. The molecule has 1 aliphatic rings. The van der Waals surface area contributed by atoms with Crippen LogP contribution in [0.1, 0.15) is 47.6 Å². The number of amides is 2. The Kier molecular flexibility index (Phi) is 5.06. The number of aryl methyl sites for hydroxylation is 1. The number of carbonyl (C=O) groups excluding carboxylic acids is 2. The lowest BCUT2D eigenvalue weighted by Crippen LogP contribution is -2.39. The van der Waals surface area contributed by atoms with E-state index in [0.29, 0.717) is 25.3 Å². The lowest BCUT2D eigenvalue weighted by Gasteiger charge is -2.32. The predicted molar refractivity (Wildman–Crippen MR) is 90.6 cm³/mol. The van der Waals surface area contributed by atoms with Crippen LogP contribution in [0.2, 0.25) is 0 Å². The Morgan fingerprint density at radius 3 is 2.56 bits per heavy atom. The molecule has 1 aliphatic heterocycles. The van der Waals surface area contributed by atoms with Gasteiger partial charge in [0.25, 0.3) is 5.91 Å². The lowest BCUT2D eigenvalue weighted by atomic mass is 9.91. The van der Waals surface area contributed by atoms with Gasteiger partial charge in [0, 0.05) is 51.6 Å². The van der Waals surface area contributed by atoms with Crippen LogP contribution in [0.25, 0.3) is 0 Å². The smallest absolute Gasteiger partial charge is 0.272 e. The van der Waals surface area contributed by atoms with E-state index < -0.39 is 0 Å². The van der Waals surface area contributed by atoms with Crippen LogP contribution in [0.5, 0.6) is 0 Å². The van der Waals surface area contributed by atoms with Gasteiger partial charge in [-0.25, -0.2) is 0 Å². The van der Waals surface area contributed by atoms with Crippen LogP contribution in [0.4, 0.5) is 0 Å². The SMILES string of the molecule is CC(=O)NCc1nccnc1C1CCN(C(=O)c2ccnn2C)CC1. The van der Waals surface area contributed by atoms with Gasteiger partial charge in [-0.15, -0.1) is 0 Å². The normalized spacial score (nSPS) is 15.2. The van der Waals surface area contributed by atoms with E-state index in [1.807, 2.05) is 4.90 Å². The number of hydrogen-bond donors (Lipinski definition) is 1. The lowest BCUT2D eigenvalue weighted by molar-refractivity contribution is -0.119. The van der Waals surface area contributed by atoms with Gasteiger partial charge in [0.15, 0.2) is 0 Å².